The van der Waals surface area contributed by atoms with Crippen LogP contribution in [-0.4, -0.2) is 37.6 Å². The number of benzene rings is 1. The normalized spacial score (nSPS) is 16.5. The molecule has 1 aromatic carbocycles. The predicted molar refractivity (Wildman–Crippen MR) is 84.3 cm³/mol. The average Bonchev–Trinajstić information content (AvgIpc) is 2.50. The first-order valence-corrected chi connectivity index (χ1v) is 7.87. The first-order valence-electron chi connectivity index (χ1n) is 7.87. The van der Waals surface area contributed by atoms with Gasteiger partial charge in [-0.3, -0.25) is 9.69 Å². The number of hydrogen-bond donors (Lipinski definition) is 1. The number of piperidine rings is 1. The van der Waals surface area contributed by atoms with Gasteiger partial charge in [0.1, 0.15) is 11.6 Å². The highest BCUT2D eigenvalue weighted by molar-refractivity contribution is 5.72. The van der Waals surface area contributed by atoms with Gasteiger partial charge in [0.05, 0.1) is 7.11 Å². The van der Waals surface area contributed by atoms with E-state index in [-0.39, 0.29) is 11.7 Å². The van der Waals surface area contributed by atoms with Gasteiger partial charge in [0.25, 0.3) is 0 Å². The average molecular weight is 308 g/mol. The second-order valence-electron chi connectivity index (χ2n) is 5.95. The lowest BCUT2D eigenvalue weighted by molar-refractivity contribution is -0.119. The summed E-state index contributed by atoms with van der Waals surface area (Å²) in [6, 6.07) is 4.73. The number of hydrogen-bond acceptors (Lipinski definition) is 3. The van der Waals surface area contributed by atoms with Gasteiger partial charge in [-0.25, -0.2) is 4.39 Å². The summed E-state index contributed by atoms with van der Waals surface area (Å²) < 4.78 is 18.5. The number of nitrogens with zero attached hydrogens (tertiary/aromatic N) is 1. The Hall–Kier alpha value is -1.62. The number of nitrogens with one attached hydrogen (secondary N) is 1. The van der Waals surface area contributed by atoms with Crippen LogP contribution in [0.2, 0.25) is 0 Å². The molecule has 2 rings (SSSR count). The molecule has 0 aliphatic carbocycles. The van der Waals surface area contributed by atoms with E-state index < -0.39 is 0 Å². The minimum atomic E-state index is -0.266. The summed E-state index contributed by atoms with van der Waals surface area (Å²) in [6.07, 6.45) is 3.33. The molecular formula is C17H25FN2O2. The third kappa shape index (κ3) is 4.98. The molecule has 1 amide bonds. The van der Waals surface area contributed by atoms with Gasteiger partial charge in [-0.05, 0) is 44.3 Å². The van der Waals surface area contributed by atoms with Crippen molar-refractivity contribution in [3.63, 3.8) is 0 Å². The molecule has 1 aromatic rings. The van der Waals surface area contributed by atoms with Gasteiger partial charge in [0.2, 0.25) is 5.91 Å². The molecular weight excluding hydrogens is 283 g/mol. The molecule has 22 heavy (non-hydrogen) atoms. The summed E-state index contributed by atoms with van der Waals surface area (Å²) in [6.45, 7) is 5.18. The molecule has 1 heterocycles. The molecule has 0 atom stereocenters. The van der Waals surface area contributed by atoms with E-state index in [1.54, 1.807) is 20.1 Å². The van der Waals surface area contributed by atoms with Crippen molar-refractivity contribution in [2.75, 3.05) is 26.7 Å². The van der Waals surface area contributed by atoms with Crippen molar-refractivity contribution in [2.24, 2.45) is 5.92 Å². The maximum Gasteiger partial charge on any atom is 0.216 e. The molecule has 0 spiro atoms. The van der Waals surface area contributed by atoms with Crippen molar-refractivity contribution in [3.8, 4) is 5.75 Å². The molecule has 1 N–H and O–H groups in total. The molecule has 0 saturated carbocycles. The molecule has 0 radical (unpaired) electrons. The maximum absolute atomic E-state index is 13.2. The molecule has 0 bridgehead atoms. The van der Waals surface area contributed by atoms with Crippen molar-refractivity contribution >= 4 is 5.91 Å². The fourth-order valence-electron chi connectivity index (χ4n) is 2.98. The Morgan fingerprint density at radius 3 is 2.77 bits per heavy atom. The first-order chi connectivity index (χ1) is 10.6. The van der Waals surface area contributed by atoms with Gasteiger partial charge >= 0.3 is 0 Å². The highest BCUT2D eigenvalue weighted by atomic mass is 19.1. The fourth-order valence-corrected chi connectivity index (χ4v) is 2.98. The lowest BCUT2D eigenvalue weighted by Crippen LogP contribution is -2.34. The van der Waals surface area contributed by atoms with E-state index >= 15 is 0 Å². The van der Waals surface area contributed by atoms with Crippen LogP contribution in [0.4, 0.5) is 4.39 Å². The predicted octanol–water partition coefficient (Wildman–Crippen LogP) is 2.57. The van der Waals surface area contributed by atoms with E-state index in [1.807, 2.05) is 0 Å². The minimum Gasteiger partial charge on any atom is -0.496 e. The van der Waals surface area contributed by atoms with Crippen LogP contribution in [0, 0.1) is 11.7 Å². The summed E-state index contributed by atoms with van der Waals surface area (Å²) in [5, 5.41) is 2.86. The van der Waals surface area contributed by atoms with Crippen LogP contribution in [0.3, 0.4) is 0 Å². The van der Waals surface area contributed by atoms with E-state index in [0.717, 1.165) is 51.0 Å². The van der Waals surface area contributed by atoms with Crippen molar-refractivity contribution in [3.05, 3.63) is 29.6 Å². The molecule has 0 unspecified atom stereocenters. The molecule has 0 aromatic heterocycles. The lowest BCUT2D eigenvalue weighted by atomic mass is 9.93. The summed E-state index contributed by atoms with van der Waals surface area (Å²) in [5.41, 5.74) is 1.03. The Kier molecular flexibility index (Phi) is 6.19. The third-order valence-electron chi connectivity index (χ3n) is 4.28. The number of methoxy groups -OCH3 is 1. The second kappa shape index (κ2) is 8.13. The molecule has 5 heteroatoms. The van der Waals surface area contributed by atoms with E-state index in [2.05, 4.69) is 10.2 Å². The van der Waals surface area contributed by atoms with Gasteiger partial charge in [0.15, 0.2) is 0 Å². The zero-order chi connectivity index (χ0) is 15.9. The summed E-state index contributed by atoms with van der Waals surface area (Å²) >= 11 is 0. The van der Waals surface area contributed by atoms with Crippen molar-refractivity contribution in [1.29, 1.82) is 0 Å². The van der Waals surface area contributed by atoms with Crippen molar-refractivity contribution in [2.45, 2.75) is 32.7 Å². The van der Waals surface area contributed by atoms with Crippen LogP contribution < -0.4 is 10.1 Å². The van der Waals surface area contributed by atoms with Gasteiger partial charge in [-0.2, -0.15) is 0 Å². The maximum atomic E-state index is 13.2. The zero-order valence-corrected chi connectivity index (χ0v) is 13.4. The Balaban J connectivity index is 1.79. The highest BCUT2D eigenvalue weighted by Gasteiger charge is 2.20. The van der Waals surface area contributed by atoms with Crippen molar-refractivity contribution < 1.29 is 13.9 Å². The highest BCUT2D eigenvalue weighted by Crippen LogP contribution is 2.25. The minimum absolute atomic E-state index is 0.0424. The lowest BCUT2D eigenvalue weighted by Gasteiger charge is -2.32. The van der Waals surface area contributed by atoms with Gasteiger partial charge < -0.3 is 10.1 Å². The number of ether oxygens (including phenoxy) is 1. The third-order valence-corrected chi connectivity index (χ3v) is 4.28. The van der Waals surface area contributed by atoms with Gasteiger partial charge in [-0.1, -0.05) is 6.07 Å². The summed E-state index contributed by atoms with van der Waals surface area (Å²) in [5.74, 6) is 1.07. The van der Waals surface area contributed by atoms with Crippen LogP contribution in [0.15, 0.2) is 18.2 Å². The number of halogens is 1. The Morgan fingerprint density at radius 2 is 2.14 bits per heavy atom. The van der Waals surface area contributed by atoms with Gasteiger partial charge in [0, 0.05) is 31.6 Å². The zero-order valence-electron chi connectivity index (χ0n) is 13.4. The number of carbonyl (C=O) groups is 1. The summed E-state index contributed by atoms with van der Waals surface area (Å²) in [4.78, 5) is 13.2. The van der Waals surface area contributed by atoms with E-state index in [4.69, 9.17) is 4.74 Å². The van der Waals surface area contributed by atoms with Crippen LogP contribution in [0.1, 0.15) is 31.7 Å². The largest absolute Gasteiger partial charge is 0.496 e. The SMILES string of the molecule is COc1cc(F)ccc1CN1CCC(CCNC(C)=O)CC1. The number of carbonyl (C=O) groups excluding carboxylic acids is 1. The second-order valence-corrected chi connectivity index (χ2v) is 5.95. The molecule has 1 saturated heterocycles. The smallest absolute Gasteiger partial charge is 0.216 e. The van der Waals surface area contributed by atoms with Crippen LogP contribution in [0.25, 0.3) is 0 Å². The van der Waals surface area contributed by atoms with E-state index in [1.165, 1.54) is 12.1 Å². The van der Waals surface area contributed by atoms with Crippen molar-refractivity contribution in [1.82, 2.24) is 10.2 Å². The van der Waals surface area contributed by atoms with Crippen LogP contribution >= 0.6 is 0 Å². The topological polar surface area (TPSA) is 41.6 Å². The molecule has 4 nitrogen and oxygen atoms in total. The first kappa shape index (κ1) is 16.7. The molecule has 1 aliphatic rings. The van der Waals surface area contributed by atoms with E-state index in [9.17, 15) is 9.18 Å². The number of amides is 1. The van der Waals surface area contributed by atoms with Gasteiger partial charge in [-0.15, -0.1) is 0 Å². The monoisotopic (exact) mass is 308 g/mol. The Morgan fingerprint density at radius 1 is 1.41 bits per heavy atom. The van der Waals surface area contributed by atoms with Crippen LogP contribution in [-0.2, 0) is 11.3 Å². The molecule has 1 fully saturated rings. The van der Waals surface area contributed by atoms with Crippen LogP contribution in [0.5, 0.6) is 5.75 Å². The quantitative estimate of drug-likeness (QED) is 0.878. The van der Waals surface area contributed by atoms with E-state index in [0.29, 0.717) is 11.7 Å². The Bertz CT molecular complexity index is 499. The summed E-state index contributed by atoms with van der Waals surface area (Å²) in [7, 11) is 1.58. The number of rotatable bonds is 6. The standard InChI is InChI=1S/C17H25FN2O2/c1-13(21)19-8-5-14-6-9-20(10-7-14)12-15-3-4-16(18)11-17(15)22-2/h3-4,11,14H,5-10,12H2,1-2H3,(H,19,21). The molecule has 1 aliphatic heterocycles. The fraction of sp³-hybridized carbons (Fsp3) is 0.588. The Labute approximate surface area is 131 Å². The number of likely N-dealkylation sites (tertiary alicyclic amines) is 1. The molecule has 122 valence electrons.